The van der Waals surface area contributed by atoms with Crippen LogP contribution in [0.25, 0.3) is 54.7 Å². The largest absolute Gasteiger partial charge is 0.486 e. The zero-order valence-electron chi connectivity index (χ0n) is 24.6. The molecular formula is C36H36N4O. The van der Waals surface area contributed by atoms with Crippen molar-refractivity contribution in [1.29, 1.82) is 0 Å². The van der Waals surface area contributed by atoms with E-state index in [1.165, 1.54) is 43.9 Å². The van der Waals surface area contributed by atoms with Gasteiger partial charge in [0.25, 0.3) is 0 Å². The van der Waals surface area contributed by atoms with Crippen LogP contribution in [0.15, 0.2) is 67.0 Å². The third kappa shape index (κ3) is 4.14. The average Bonchev–Trinajstić information content (AvgIpc) is 3.44. The van der Waals surface area contributed by atoms with Crippen LogP contribution in [0.3, 0.4) is 0 Å². The van der Waals surface area contributed by atoms with Crippen LogP contribution in [-0.2, 0) is 6.61 Å². The van der Waals surface area contributed by atoms with Crippen LogP contribution in [0.5, 0.6) is 5.75 Å². The molecule has 206 valence electrons. The number of nitrogens with zero attached hydrogens (tertiary/aromatic N) is 2. The van der Waals surface area contributed by atoms with E-state index in [4.69, 9.17) is 9.72 Å². The number of benzene rings is 4. The van der Waals surface area contributed by atoms with Crippen LogP contribution in [0, 0.1) is 12.8 Å². The van der Waals surface area contributed by atoms with Crippen molar-refractivity contribution < 1.29 is 4.74 Å². The molecule has 5 nitrogen and oxygen atoms in total. The number of pyridine rings is 1. The summed E-state index contributed by atoms with van der Waals surface area (Å²) in [5.41, 5.74) is 7.97. The monoisotopic (exact) mass is 540 g/mol. The van der Waals surface area contributed by atoms with Gasteiger partial charge in [-0.2, -0.15) is 0 Å². The Bertz CT molecular complexity index is 1970. The predicted octanol–water partition coefficient (Wildman–Crippen LogP) is 9.38. The van der Waals surface area contributed by atoms with E-state index < -0.39 is 0 Å². The number of aromatic amines is 1. The summed E-state index contributed by atoms with van der Waals surface area (Å²) >= 11 is 0. The van der Waals surface area contributed by atoms with E-state index in [9.17, 15) is 0 Å². The fourth-order valence-corrected chi connectivity index (χ4v) is 6.01. The summed E-state index contributed by atoms with van der Waals surface area (Å²) in [4.78, 5) is 12.8. The van der Waals surface area contributed by atoms with Crippen LogP contribution in [0.2, 0.25) is 0 Å². The van der Waals surface area contributed by atoms with Crippen molar-refractivity contribution in [3.8, 4) is 28.1 Å². The van der Waals surface area contributed by atoms with E-state index >= 15 is 0 Å². The van der Waals surface area contributed by atoms with Crippen LogP contribution in [0.1, 0.15) is 57.6 Å². The quantitative estimate of drug-likeness (QED) is 0.214. The smallest absolute Gasteiger partial charge is 0.137 e. The van der Waals surface area contributed by atoms with Gasteiger partial charge in [0.2, 0.25) is 0 Å². The maximum atomic E-state index is 6.30. The molecule has 1 aliphatic heterocycles. The average molecular weight is 541 g/mol. The standard InChI is InChI=1S/C36H36N4O/c1-19(2)22(6)38-33-21(5)31-17-37-14-13-27(31)30-16-24(8-11-28(30)33)23-7-10-26-25(15-23)9-12-29-34-32(18-41-35(26)29)39-36(40-34)20(3)4/h7-17,19-20,22,38H,18H2,1-6H3,(H,39,40). The van der Waals surface area contributed by atoms with Gasteiger partial charge in [0, 0.05) is 51.8 Å². The maximum Gasteiger partial charge on any atom is 0.137 e. The normalized spacial score (nSPS) is 13.6. The van der Waals surface area contributed by atoms with Crippen molar-refractivity contribution >= 4 is 38.0 Å². The summed E-state index contributed by atoms with van der Waals surface area (Å²) in [5.74, 6) is 2.80. The van der Waals surface area contributed by atoms with Gasteiger partial charge >= 0.3 is 0 Å². The van der Waals surface area contributed by atoms with Crippen molar-refractivity contribution in [3.63, 3.8) is 0 Å². The van der Waals surface area contributed by atoms with Crippen molar-refractivity contribution in [2.24, 2.45) is 5.92 Å². The van der Waals surface area contributed by atoms with Crippen molar-refractivity contribution in [2.75, 3.05) is 5.32 Å². The molecule has 0 radical (unpaired) electrons. The highest BCUT2D eigenvalue weighted by Gasteiger charge is 2.24. The van der Waals surface area contributed by atoms with E-state index in [1.54, 1.807) is 0 Å². The van der Waals surface area contributed by atoms with E-state index in [0.717, 1.165) is 39.3 Å². The Kier molecular flexibility index (Phi) is 6.00. The molecule has 2 N–H and O–H groups in total. The molecule has 6 aromatic rings. The molecular weight excluding hydrogens is 504 g/mol. The molecule has 0 saturated carbocycles. The second-order valence-electron chi connectivity index (χ2n) is 12.1. The van der Waals surface area contributed by atoms with Gasteiger partial charge in [-0.25, -0.2) is 4.98 Å². The first-order valence-electron chi connectivity index (χ1n) is 14.7. The van der Waals surface area contributed by atoms with E-state index in [0.29, 0.717) is 24.5 Å². The Labute approximate surface area is 241 Å². The molecule has 3 heterocycles. The lowest BCUT2D eigenvalue weighted by Gasteiger charge is -2.23. The summed E-state index contributed by atoms with van der Waals surface area (Å²) in [7, 11) is 0. The molecule has 0 bridgehead atoms. The lowest BCUT2D eigenvalue weighted by Crippen LogP contribution is -2.22. The van der Waals surface area contributed by atoms with E-state index in [-0.39, 0.29) is 0 Å². The molecule has 41 heavy (non-hydrogen) atoms. The molecule has 0 aliphatic carbocycles. The van der Waals surface area contributed by atoms with Crippen molar-refractivity contribution in [3.05, 3.63) is 84.1 Å². The molecule has 2 aromatic heterocycles. The van der Waals surface area contributed by atoms with Crippen molar-refractivity contribution in [1.82, 2.24) is 15.0 Å². The Balaban J connectivity index is 1.35. The molecule has 0 amide bonds. The number of nitrogens with one attached hydrogen (secondary N) is 2. The second kappa shape index (κ2) is 9.62. The van der Waals surface area contributed by atoms with Crippen LogP contribution < -0.4 is 10.1 Å². The molecule has 1 aliphatic rings. The summed E-state index contributed by atoms with van der Waals surface area (Å²) < 4.78 is 6.30. The Morgan fingerprint density at radius 2 is 1.61 bits per heavy atom. The number of rotatable bonds is 5. The maximum absolute atomic E-state index is 6.30. The fourth-order valence-electron chi connectivity index (χ4n) is 6.01. The minimum absolute atomic E-state index is 0.344. The topological polar surface area (TPSA) is 62.8 Å². The number of anilines is 1. The lowest BCUT2D eigenvalue weighted by atomic mass is 9.92. The number of hydrogen-bond acceptors (Lipinski definition) is 4. The Morgan fingerprint density at radius 1 is 0.829 bits per heavy atom. The number of fused-ring (bicyclic) bond motifs is 8. The molecule has 7 rings (SSSR count). The molecule has 5 heteroatoms. The zero-order valence-corrected chi connectivity index (χ0v) is 24.6. The number of ether oxygens (including phenoxy) is 1. The van der Waals surface area contributed by atoms with Gasteiger partial charge in [0.1, 0.15) is 18.2 Å². The molecule has 0 spiro atoms. The highest BCUT2D eigenvalue weighted by Crippen LogP contribution is 2.43. The number of hydrogen-bond donors (Lipinski definition) is 2. The van der Waals surface area contributed by atoms with Gasteiger partial charge in [-0.1, -0.05) is 58.0 Å². The van der Waals surface area contributed by atoms with Gasteiger partial charge in [-0.3, -0.25) is 4.98 Å². The number of aryl methyl sites for hydroxylation is 1. The minimum Gasteiger partial charge on any atom is -0.486 e. The Morgan fingerprint density at radius 3 is 2.39 bits per heavy atom. The summed E-state index contributed by atoms with van der Waals surface area (Å²) in [6.07, 6.45) is 3.89. The number of H-pyrrole nitrogens is 1. The second-order valence-corrected chi connectivity index (χ2v) is 12.1. The zero-order chi connectivity index (χ0) is 28.4. The molecule has 4 aromatic carbocycles. The lowest BCUT2D eigenvalue weighted by molar-refractivity contribution is 0.301. The summed E-state index contributed by atoms with van der Waals surface area (Å²) in [6, 6.07) is 20.4. The van der Waals surface area contributed by atoms with Gasteiger partial charge in [0.15, 0.2) is 0 Å². The third-order valence-corrected chi connectivity index (χ3v) is 8.81. The van der Waals surface area contributed by atoms with Gasteiger partial charge < -0.3 is 15.0 Å². The SMILES string of the molecule is Cc1c(NC(C)C(C)C)c2ccc(-c3ccc4c5c(ccc4c3)-c3nc(C(C)C)[nH]c3CO5)cc2c2ccncc12. The van der Waals surface area contributed by atoms with E-state index in [2.05, 4.69) is 111 Å². The highest BCUT2D eigenvalue weighted by atomic mass is 16.5. The predicted molar refractivity (Wildman–Crippen MR) is 171 cm³/mol. The molecule has 0 saturated heterocycles. The third-order valence-electron chi connectivity index (χ3n) is 8.81. The first-order valence-corrected chi connectivity index (χ1v) is 14.7. The number of aromatic nitrogens is 3. The van der Waals surface area contributed by atoms with Crippen molar-refractivity contribution in [2.45, 2.75) is 60.1 Å². The van der Waals surface area contributed by atoms with E-state index in [1.807, 2.05) is 12.4 Å². The Hall–Kier alpha value is -4.38. The molecule has 0 fully saturated rings. The van der Waals surface area contributed by atoms with Gasteiger partial charge in [-0.15, -0.1) is 0 Å². The van der Waals surface area contributed by atoms with Gasteiger partial charge in [0.05, 0.1) is 11.4 Å². The summed E-state index contributed by atoms with van der Waals surface area (Å²) in [6.45, 7) is 13.8. The van der Waals surface area contributed by atoms with Gasteiger partial charge in [-0.05, 0) is 76.9 Å². The first-order chi connectivity index (χ1) is 19.8. The van der Waals surface area contributed by atoms with Crippen LogP contribution in [0.4, 0.5) is 5.69 Å². The summed E-state index contributed by atoms with van der Waals surface area (Å²) in [5, 5.41) is 11.0. The molecule has 1 unspecified atom stereocenters. The van der Waals surface area contributed by atoms with Crippen LogP contribution >= 0.6 is 0 Å². The minimum atomic E-state index is 0.344. The fraction of sp³-hybridized carbons (Fsp3) is 0.278. The number of imidazole rings is 1. The molecule has 1 atom stereocenters. The first kappa shape index (κ1) is 25.6. The van der Waals surface area contributed by atoms with Crippen LogP contribution in [-0.4, -0.2) is 21.0 Å². The highest BCUT2D eigenvalue weighted by molar-refractivity contribution is 6.15.